The van der Waals surface area contributed by atoms with E-state index in [0.29, 0.717) is 51.1 Å². The molecule has 10 heteroatoms. The molecule has 3 aromatic carbocycles. The molecule has 0 saturated heterocycles. The van der Waals surface area contributed by atoms with E-state index in [-0.39, 0.29) is 12.2 Å². The zero-order valence-electron chi connectivity index (χ0n) is 20.8. The van der Waals surface area contributed by atoms with Crippen molar-refractivity contribution >= 4 is 10.9 Å². The van der Waals surface area contributed by atoms with Crippen molar-refractivity contribution in [1.29, 1.82) is 0 Å². The second kappa shape index (κ2) is 10.0. The number of hydrogen-bond acceptors (Lipinski definition) is 8. The highest BCUT2D eigenvalue weighted by atomic mass is 16.5. The van der Waals surface area contributed by atoms with Gasteiger partial charge in [0.2, 0.25) is 5.75 Å². The Morgan fingerprint density at radius 1 is 0.865 bits per heavy atom. The predicted octanol–water partition coefficient (Wildman–Crippen LogP) is 3.88. The van der Waals surface area contributed by atoms with Gasteiger partial charge in [0.1, 0.15) is 23.9 Å². The van der Waals surface area contributed by atoms with Crippen LogP contribution in [0.3, 0.4) is 0 Å². The lowest BCUT2D eigenvalue weighted by atomic mass is 10.2. The van der Waals surface area contributed by atoms with Gasteiger partial charge in [0.05, 0.1) is 49.8 Å². The lowest BCUT2D eigenvalue weighted by Crippen LogP contribution is -2.22. The van der Waals surface area contributed by atoms with Crippen LogP contribution in [-0.2, 0) is 6.61 Å². The van der Waals surface area contributed by atoms with Crippen LogP contribution in [-0.4, -0.2) is 45.9 Å². The number of methoxy groups -OCH3 is 3. The number of benzene rings is 3. The van der Waals surface area contributed by atoms with E-state index in [4.69, 9.17) is 18.9 Å². The van der Waals surface area contributed by atoms with Gasteiger partial charge in [-0.2, -0.15) is 0 Å². The third-order valence-corrected chi connectivity index (χ3v) is 5.86. The minimum Gasteiger partial charge on any atom is -0.493 e. The first-order chi connectivity index (χ1) is 18.0. The van der Waals surface area contributed by atoms with Crippen molar-refractivity contribution in [2.75, 3.05) is 21.3 Å². The summed E-state index contributed by atoms with van der Waals surface area (Å²) in [6, 6.07) is 18.2. The Morgan fingerprint density at radius 3 is 2.27 bits per heavy atom. The highest BCUT2D eigenvalue weighted by molar-refractivity contribution is 5.79. The number of nitrogens with zero attached hydrogens (tertiary/aromatic N) is 5. The van der Waals surface area contributed by atoms with Crippen LogP contribution in [0.5, 0.6) is 23.0 Å². The smallest absolute Gasteiger partial charge is 0.266 e. The van der Waals surface area contributed by atoms with Gasteiger partial charge in [-0.1, -0.05) is 23.4 Å². The van der Waals surface area contributed by atoms with E-state index in [2.05, 4.69) is 15.3 Å². The highest BCUT2D eigenvalue weighted by Gasteiger charge is 2.16. The van der Waals surface area contributed by atoms with E-state index in [1.54, 1.807) is 67.1 Å². The minimum absolute atomic E-state index is 0.155. The van der Waals surface area contributed by atoms with E-state index in [1.165, 1.54) is 0 Å². The van der Waals surface area contributed by atoms with Crippen LogP contribution in [0.25, 0.3) is 22.3 Å². The van der Waals surface area contributed by atoms with Crippen LogP contribution in [0.1, 0.15) is 11.5 Å². The van der Waals surface area contributed by atoms with Gasteiger partial charge in [0.15, 0.2) is 11.5 Å². The van der Waals surface area contributed by atoms with Crippen LogP contribution in [0.15, 0.2) is 71.7 Å². The molecule has 0 atom stereocenters. The molecule has 188 valence electrons. The van der Waals surface area contributed by atoms with Gasteiger partial charge in [-0.05, 0) is 37.3 Å². The quantitative estimate of drug-likeness (QED) is 0.317. The van der Waals surface area contributed by atoms with Crippen LogP contribution >= 0.6 is 0 Å². The molecule has 0 unspecified atom stereocenters. The number of rotatable bonds is 8. The number of aromatic nitrogens is 5. The molecule has 0 bridgehead atoms. The molecule has 0 fully saturated rings. The summed E-state index contributed by atoms with van der Waals surface area (Å²) in [7, 11) is 4.65. The molecule has 0 radical (unpaired) electrons. The molecule has 0 amide bonds. The van der Waals surface area contributed by atoms with Gasteiger partial charge in [0.25, 0.3) is 5.56 Å². The summed E-state index contributed by atoms with van der Waals surface area (Å²) in [4.78, 5) is 17.9. The second-order valence-corrected chi connectivity index (χ2v) is 8.14. The number of ether oxygens (including phenoxy) is 4. The molecule has 2 aromatic heterocycles. The molecule has 0 spiro atoms. The third-order valence-electron chi connectivity index (χ3n) is 5.86. The van der Waals surface area contributed by atoms with E-state index in [1.807, 2.05) is 37.3 Å². The molecular formula is C27H25N5O5. The summed E-state index contributed by atoms with van der Waals surface area (Å²) in [5.74, 6) is 2.64. The minimum atomic E-state index is -0.160. The third kappa shape index (κ3) is 4.56. The first-order valence-corrected chi connectivity index (χ1v) is 11.5. The van der Waals surface area contributed by atoms with Gasteiger partial charge in [-0.3, -0.25) is 9.36 Å². The molecule has 0 N–H and O–H groups in total. The van der Waals surface area contributed by atoms with E-state index < -0.39 is 0 Å². The fourth-order valence-electron chi connectivity index (χ4n) is 4.09. The summed E-state index contributed by atoms with van der Waals surface area (Å²) in [5, 5.41) is 8.86. The summed E-state index contributed by atoms with van der Waals surface area (Å²) in [6.45, 7) is 1.97. The largest absolute Gasteiger partial charge is 0.493 e. The van der Waals surface area contributed by atoms with Crippen molar-refractivity contribution in [2.24, 2.45) is 0 Å². The van der Waals surface area contributed by atoms with Gasteiger partial charge >= 0.3 is 0 Å². The summed E-state index contributed by atoms with van der Waals surface area (Å²) in [5.41, 5.74) is 2.48. The SMILES string of the molecule is COc1cc(-n2cc(COc3ccc4nc(C)n(-c5ccccc5)c(=O)c4c3)nn2)cc(OC)c1OC. The Kier molecular flexibility index (Phi) is 6.46. The van der Waals surface area contributed by atoms with E-state index in [9.17, 15) is 4.79 Å². The zero-order valence-corrected chi connectivity index (χ0v) is 20.8. The van der Waals surface area contributed by atoms with Gasteiger partial charge in [-0.15, -0.1) is 5.10 Å². The molecule has 0 saturated carbocycles. The molecule has 0 aliphatic carbocycles. The summed E-state index contributed by atoms with van der Waals surface area (Å²) >= 11 is 0. The normalized spacial score (nSPS) is 10.9. The molecule has 37 heavy (non-hydrogen) atoms. The molecule has 10 nitrogen and oxygen atoms in total. The molecule has 0 aliphatic rings. The maximum Gasteiger partial charge on any atom is 0.266 e. The second-order valence-electron chi connectivity index (χ2n) is 8.14. The van der Waals surface area contributed by atoms with E-state index in [0.717, 1.165) is 5.69 Å². The lowest BCUT2D eigenvalue weighted by Gasteiger charge is -2.13. The average Bonchev–Trinajstić information content (AvgIpc) is 3.41. The summed E-state index contributed by atoms with van der Waals surface area (Å²) in [6.07, 6.45) is 1.75. The Balaban J connectivity index is 1.40. The number of fused-ring (bicyclic) bond motifs is 1. The van der Waals surface area contributed by atoms with Gasteiger partial charge in [0, 0.05) is 12.1 Å². The van der Waals surface area contributed by atoms with Crippen LogP contribution in [0.4, 0.5) is 0 Å². The average molecular weight is 500 g/mol. The first-order valence-electron chi connectivity index (χ1n) is 11.5. The number of para-hydroxylation sites is 1. The maximum absolute atomic E-state index is 13.3. The van der Waals surface area contributed by atoms with Gasteiger partial charge < -0.3 is 18.9 Å². The van der Waals surface area contributed by atoms with Crippen molar-refractivity contribution in [2.45, 2.75) is 13.5 Å². The summed E-state index contributed by atoms with van der Waals surface area (Å²) < 4.78 is 25.3. The van der Waals surface area contributed by atoms with Crippen molar-refractivity contribution in [3.63, 3.8) is 0 Å². The molecule has 5 rings (SSSR count). The van der Waals surface area contributed by atoms with Crippen molar-refractivity contribution in [1.82, 2.24) is 24.5 Å². The van der Waals surface area contributed by atoms with Crippen molar-refractivity contribution in [3.8, 4) is 34.4 Å². The van der Waals surface area contributed by atoms with Crippen LogP contribution in [0, 0.1) is 6.92 Å². The molecule has 2 heterocycles. The van der Waals surface area contributed by atoms with Crippen molar-refractivity contribution in [3.05, 3.63) is 88.7 Å². The standard InChI is InChI=1S/C27H25N5O5/c1-17-28-23-11-10-21(14-22(23)27(33)32(17)19-8-6-5-7-9-19)37-16-18-15-31(30-29-18)20-12-24(34-2)26(36-4)25(13-20)35-3/h5-15H,16H2,1-4H3. The van der Waals surface area contributed by atoms with Gasteiger partial charge in [-0.25, -0.2) is 9.67 Å². The molecule has 0 aliphatic heterocycles. The number of aryl methyl sites for hydroxylation is 1. The number of hydrogen-bond donors (Lipinski definition) is 0. The van der Waals surface area contributed by atoms with Crippen LogP contribution < -0.4 is 24.5 Å². The fourth-order valence-corrected chi connectivity index (χ4v) is 4.09. The maximum atomic E-state index is 13.3. The zero-order chi connectivity index (χ0) is 25.9. The van der Waals surface area contributed by atoms with Crippen LogP contribution in [0.2, 0.25) is 0 Å². The Labute approximate surface area is 212 Å². The Bertz CT molecular complexity index is 1600. The molecular weight excluding hydrogens is 474 g/mol. The highest BCUT2D eigenvalue weighted by Crippen LogP contribution is 2.39. The lowest BCUT2D eigenvalue weighted by molar-refractivity contribution is 0.301. The fraction of sp³-hybridized carbons (Fsp3) is 0.185. The topological polar surface area (TPSA) is 103 Å². The van der Waals surface area contributed by atoms with Crippen molar-refractivity contribution < 1.29 is 18.9 Å². The first kappa shape index (κ1) is 23.9. The molecule has 5 aromatic rings. The Morgan fingerprint density at radius 2 is 1.59 bits per heavy atom. The predicted molar refractivity (Wildman–Crippen MR) is 137 cm³/mol. The Hall–Kier alpha value is -4.86. The monoisotopic (exact) mass is 499 g/mol. The van der Waals surface area contributed by atoms with E-state index >= 15 is 0 Å².